The number of aromatic nitrogens is 3. The van der Waals surface area contributed by atoms with Gasteiger partial charge in [-0.1, -0.05) is 6.07 Å². The summed E-state index contributed by atoms with van der Waals surface area (Å²) >= 11 is 3.43. The van der Waals surface area contributed by atoms with Crippen LogP contribution in [0.5, 0.6) is 0 Å². The summed E-state index contributed by atoms with van der Waals surface area (Å²) in [7, 11) is 0. The number of pyridine rings is 1. The Morgan fingerprint density at radius 2 is 2.00 bits per heavy atom. The van der Waals surface area contributed by atoms with Gasteiger partial charge in [0, 0.05) is 17.2 Å². The number of rotatable bonds is 3. The van der Waals surface area contributed by atoms with Crippen LogP contribution < -0.4 is 10.5 Å². The summed E-state index contributed by atoms with van der Waals surface area (Å²) in [6.07, 6.45) is 2.59. The molecule has 0 unspecified atom stereocenters. The van der Waals surface area contributed by atoms with Gasteiger partial charge in [0.15, 0.2) is 0 Å². The van der Waals surface area contributed by atoms with Crippen LogP contribution in [-0.2, 0) is 4.74 Å². The molecule has 0 aliphatic rings. The Bertz CT molecular complexity index is 1070. The molecule has 1 amide bonds. The highest BCUT2D eigenvalue weighted by atomic mass is 79.9. The maximum absolute atomic E-state index is 13.4. The second kappa shape index (κ2) is 7.71. The van der Waals surface area contributed by atoms with Crippen LogP contribution in [0.25, 0.3) is 16.6 Å². The van der Waals surface area contributed by atoms with Crippen LogP contribution in [0.1, 0.15) is 27.7 Å². The van der Waals surface area contributed by atoms with Gasteiger partial charge in [-0.3, -0.25) is 9.78 Å². The Morgan fingerprint density at radius 1 is 1.25 bits per heavy atom. The van der Waals surface area contributed by atoms with Crippen molar-refractivity contribution in [3.63, 3.8) is 0 Å². The Morgan fingerprint density at radius 3 is 2.61 bits per heavy atom. The minimum Gasteiger partial charge on any atom is -0.443 e. The van der Waals surface area contributed by atoms with Gasteiger partial charge < -0.3 is 4.74 Å². The second-order valence-electron chi connectivity index (χ2n) is 7.12. The first-order valence-corrected chi connectivity index (χ1v) is 9.64. The Hall–Kier alpha value is -2.74. The molecule has 0 aliphatic carbocycles. The first-order chi connectivity index (χ1) is 13.2. The molecule has 0 saturated heterocycles. The summed E-state index contributed by atoms with van der Waals surface area (Å²) in [4.78, 5) is 36.3. The average molecular weight is 445 g/mol. The zero-order valence-corrected chi connectivity index (χ0v) is 17.7. The fourth-order valence-corrected chi connectivity index (χ4v) is 3.27. The molecule has 146 valence electrons. The van der Waals surface area contributed by atoms with Crippen molar-refractivity contribution >= 4 is 38.9 Å². The third-order valence-electron chi connectivity index (χ3n) is 3.90. The lowest BCUT2D eigenvalue weighted by atomic mass is 10.2. The summed E-state index contributed by atoms with van der Waals surface area (Å²) < 4.78 is 7.53. The molecular weight excluding hydrogens is 424 g/mol. The van der Waals surface area contributed by atoms with Crippen LogP contribution in [0.3, 0.4) is 0 Å². The van der Waals surface area contributed by atoms with Crippen LogP contribution in [0, 0.1) is 0 Å². The van der Waals surface area contributed by atoms with Crippen molar-refractivity contribution in [1.29, 1.82) is 0 Å². The molecule has 0 spiro atoms. The summed E-state index contributed by atoms with van der Waals surface area (Å²) in [6.45, 7) is 7.45. The smallest absolute Gasteiger partial charge is 0.417 e. The van der Waals surface area contributed by atoms with E-state index in [1.54, 1.807) is 70.4 Å². The standard InChI is InChI=1S/C20H21BrN4O3/c1-5-24(19(27)28-20(2,3)4)18-23-15-10-6-9-14(21)16(15)17(26)25(18)13-8-7-11-22-12-13/h6-12H,5H2,1-4H3. The molecular formula is C20H21BrN4O3. The number of carbonyl (C=O) groups excluding carboxylic acids is 1. The topological polar surface area (TPSA) is 77.3 Å². The monoisotopic (exact) mass is 444 g/mol. The Kier molecular flexibility index (Phi) is 5.51. The number of anilines is 1. The van der Waals surface area contributed by atoms with Gasteiger partial charge in [-0.15, -0.1) is 0 Å². The van der Waals surface area contributed by atoms with E-state index in [-0.39, 0.29) is 18.1 Å². The minimum atomic E-state index is -0.677. The van der Waals surface area contributed by atoms with E-state index in [2.05, 4.69) is 25.9 Å². The van der Waals surface area contributed by atoms with Crippen molar-refractivity contribution < 1.29 is 9.53 Å². The average Bonchev–Trinajstić information content (AvgIpc) is 2.61. The molecule has 8 heteroatoms. The summed E-state index contributed by atoms with van der Waals surface area (Å²) in [5.74, 6) is 0.181. The number of hydrogen-bond acceptors (Lipinski definition) is 5. The predicted molar refractivity (Wildman–Crippen MR) is 112 cm³/mol. The highest BCUT2D eigenvalue weighted by Crippen LogP contribution is 2.25. The SMILES string of the molecule is CCN(C(=O)OC(C)(C)C)c1nc2cccc(Br)c2c(=O)n1-c1cccnc1. The molecule has 0 saturated carbocycles. The van der Waals surface area contributed by atoms with E-state index in [4.69, 9.17) is 4.74 Å². The lowest BCUT2D eigenvalue weighted by Gasteiger charge is -2.27. The third kappa shape index (κ3) is 3.91. The van der Waals surface area contributed by atoms with Crippen molar-refractivity contribution in [2.24, 2.45) is 0 Å². The quantitative estimate of drug-likeness (QED) is 0.601. The van der Waals surface area contributed by atoms with E-state index in [1.165, 1.54) is 9.47 Å². The number of hydrogen-bond donors (Lipinski definition) is 0. The maximum atomic E-state index is 13.4. The number of halogens is 1. The Labute approximate surface area is 171 Å². The first kappa shape index (κ1) is 20.0. The van der Waals surface area contributed by atoms with Crippen molar-refractivity contribution in [3.05, 3.63) is 57.6 Å². The number of nitrogens with zero attached hydrogens (tertiary/aromatic N) is 4. The number of fused-ring (bicyclic) bond motifs is 1. The maximum Gasteiger partial charge on any atom is 0.417 e. The summed E-state index contributed by atoms with van der Waals surface area (Å²) in [6, 6.07) is 8.77. The first-order valence-electron chi connectivity index (χ1n) is 8.85. The van der Waals surface area contributed by atoms with Gasteiger partial charge in [0.1, 0.15) is 5.60 Å². The largest absolute Gasteiger partial charge is 0.443 e. The molecule has 0 bridgehead atoms. The van der Waals surface area contributed by atoms with Crippen molar-refractivity contribution in [3.8, 4) is 5.69 Å². The van der Waals surface area contributed by atoms with E-state index in [9.17, 15) is 9.59 Å². The fraction of sp³-hybridized carbons (Fsp3) is 0.300. The Balaban J connectivity index is 2.31. The molecule has 3 aromatic rings. The second-order valence-corrected chi connectivity index (χ2v) is 7.98. The zero-order valence-electron chi connectivity index (χ0n) is 16.1. The van der Waals surface area contributed by atoms with Gasteiger partial charge in [-0.2, -0.15) is 0 Å². The molecule has 1 aromatic carbocycles. The van der Waals surface area contributed by atoms with E-state index < -0.39 is 11.7 Å². The van der Waals surface area contributed by atoms with Gasteiger partial charge in [0.05, 0.1) is 22.8 Å². The minimum absolute atomic E-state index is 0.181. The third-order valence-corrected chi connectivity index (χ3v) is 4.57. The lowest BCUT2D eigenvalue weighted by Crippen LogP contribution is -2.40. The van der Waals surface area contributed by atoms with E-state index >= 15 is 0 Å². The van der Waals surface area contributed by atoms with Crippen molar-refractivity contribution in [2.75, 3.05) is 11.4 Å². The molecule has 3 rings (SSSR count). The van der Waals surface area contributed by atoms with Crippen LogP contribution in [-0.4, -0.2) is 32.8 Å². The number of carbonyl (C=O) groups is 1. The predicted octanol–water partition coefficient (Wildman–Crippen LogP) is 4.30. The van der Waals surface area contributed by atoms with E-state index in [0.29, 0.717) is 21.1 Å². The lowest BCUT2D eigenvalue weighted by molar-refractivity contribution is 0.0579. The summed E-state index contributed by atoms with van der Waals surface area (Å²) in [5, 5.41) is 0.426. The number of benzene rings is 1. The molecule has 28 heavy (non-hydrogen) atoms. The molecule has 0 N–H and O–H groups in total. The molecule has 7 nitrogen and oxygen atoms in total. The molecule has 0 atom stereocenters. The van der Waals surface area contributed by atoms with Crippen LogP contribution in [0.2, 0.25) is 0 Å². The van der Waals surface area contributed by atoms with E-state index in [0.717, 1.165) is 0 Å². The molecule has 2 aromatic heterocycles. The number of ether oxygens (including phenoxy) is 1. The van der Waals surface area contributed by atoms with Gasteiger partial charge >= 0.3 is 6.09 Å². The van der Waals surface area contributed by atoms with Crippen LogP contribution in [0.4, 0.5) is 10.7 Å². The highest BCUT2D eigenvalue weighted by molar-refractivity contribution is 9.10. The van der Waals surface area contributed by atoms with Gasteiger partial charge in [0.2, 0.25) is 5.95 Å². The molecule has 0 aliphatic heterocycles. The van der Waals surface area contributed by atoms with E-state index in [1.807, 2.05) is 0 Å². The number of amides is 1. The fourth-order valence-electron chi connectivity index (χ4n) is 2.75. The summed E-state index contributed by atoms with van der Waals surface area (Å²) in [5.41, 5.74) is 0.0118. The van der Waals surface area contributed by atoms with Crippen LogP contribution >= 0.6 is 15.9 Å². The van der Waals surface area contributed by atoms with Crippen molar-refractivity contribution in [2.45, 2.75) is 33.3 Å². The van der Waals surface area contributed by atoms with Crippen molar-refractivity contribution in [1.82, 2.24) is 14.5 Å². The highest BCUT2D eigenvalue weighted by Gasteiger charge is 2.27. The normalized spacial score (nSPS) is 11.5. The van der Waals surface area contributed by atoms with Gasteiger partial charge in [0.25, 0.3) is 5.56 Å². The zero-order chi connectivity index (χ0) is 20.5. The van der Waals surface area contributed by atoms with Gasteiger partial charge in [-0.25, -0.2) is 19.2 Å². The van der Waals surface area contributed by atoms with Crippen LogP contribution in [0.15, 0.2) is 52.0 Å². The van der Waals surface area contributed by atoms with Gasteiger partial charge in [-0.05, 0) is 67.9 Å². The molecule has 2 heterocycles. The molecule has 0 fully saturated rings. The molecule has 0 radical (unpaired) electrons.